The minimum absolute atomic E-state index is 0.231. The Morgan fingerprint density at radius 3 is 1.76 bits per heavy atom. The maximum Gasteiger partial charge on any atom is 0.0504 e. The van der Waals surface area contributed by atoms with Crippen molar-refractivity contribution in [2.75, 3.05) is 0 Å². The van der Waals surface area contributed by atoms with Gasteiger partial charge in [0.2, 0.25) is 0 Å². The molecular weight excluding hydrogens is 352 g/mol. The van der Waals surface area contributed by atoms with Crippen LogP contribution in [0.15, 0.2) is 115 Å². The molecule has 0 aliphatic rings. The van der Waals surface area contributed by atoms with Crippen molar-refractivity contribution in [1.29, 1.82) is 0 Å². The number of nitrogens with two attached hydrogens (primary N) is 2. The van der Waals surface area contributed by atoms with Crippen molar-refractivity contribution >= 4 is 5.70 Å². The molecule has 1 atom stereocenters. The summed E-state index contributed by atoms with van der Waals surface area (Å²) in [4.78, 5) is 0. The Morgan fingerprint density at radius 2 is 1.10 bits per heavy atom. The topological polar surface area (TPSA) is 52.0 Å². The van der Waals surface area contributed by atoms with Gasteiger partial charge >= 0.3 is 0 Å². The van der Waals surface area contributed by atoms with Crippen LogP contribution in [0.4, 0.5) is 0 Å². The second-order valence-corrected chi connectivity index (χ2v) is 7.08. The number of benzene rings is 4. The highest BCUT2D eigenvalue weighted by molar-refractivity contribution is 5.74. The first-order valence-electron chi connectivity index (χ1n) is 9.75. The van der Waals surface area contributed by atoms with E-state index in [2.05, 4.69) is 60.7 Å². The molecule has 0 heterocycles. The zero-order valence-electron chi connectivity index (χ0n) is 16.2. The second-order valence-electron chi connectivity index (χ2n) is 7.08. The summed E-state index contributed by atoms with van der Waals surface area (Å²) in [6, 6.07) is 37.0. The summed E-state index contributed by atoms with van der Waals surface area (Å²) in [5.41, 5.74) is 20.1. The largest absolute Gasteiger partial charge is 0.398 e. The molecule has 0 amide bonds. The van der Waals surface area contributed by atoms with E-state index in [4.69, 9.17) is 11.5 Å². The van der Waals surface area contributed by atoms with Gasteiger partial charge in [-0.05, 0) is 45.5 Å². The first-order valence-corrected chi connectivity index (χ1v) is 9.75. The number of hydrogen-bond donors (Lipinski definition) is 2. The minimum Gasteiger partial charge on any atom is -0.398 e. The van der Waals surface area contributed by atoms with Crippen LogP contribution in [0.2, 0.25) is 0 Å². The van der Waals surface area contributed by atoms with Crippen LogP contribution in [-0.4, -0.2) is 0 Å². The Labute approximate surface area is 172 Å². The maximum atomic E-state index is 6.36. The lowest BCUT2D eigenvalue weighted by Crippen LogP contribution is -2.10. The van der Waals surface area contributed by atoms with Crippen LogP contribution < -0.4 is 11.5 Å². The summed E-state index contributed by atoms with van der Waals surface area (Å²) in [5, 5.41) is 0. The van der Waals surface area contributed by atoms with E-state index < -0.39 is 0 Å². The molecule has 4 N–H and O–H groups in total. The van der Waals surface area contributed by atoms with Crippen LogP contribution in [0, 0.1) is 0 Å². The molecule has 4 rings (SSSR count). The van der Waals surface area contributed by atoms with E-state index in [1.807, 2.05) is 54.6 Å². The molecule has 29 heavy (non-hydrogen) atoms. The van der Waals surface area contributed by atoms with Gasteiger partial charge in [-0.1, -0.05) is 103 Å². The third-order valence-electron chi connectivity index (χ3n) is 5.06. The van der Waals surface area contributed by atoms with Crippen LogP contribution in [0.25, 0.3) is 28.0 Å². The monoisotopic (exact) mass is 376 g/mol. The second kappa shape index (κ2) is 8.59. The summed E-state index contributed by atoms with van der Waals surface area (Å²) in [7, 11) is 0. The highest BCUT2D eigenvalue weighted by Gasteiger charge is 2.06. The van der Waals surface area contributed by atoms with Gasteiger partial charge in [-0.3, -0.25) is 0 Å². The van der Waals surface area contributed by atoms with Crippen LogP contribution in [0.3, 0.4) is 0 Å². The molecule has 2 heteroatoms. The molecule has 1 unspecified atom stereocenters. The summed E-state index contributed by atoms with van der Waals surface area (Å²) >= 11 is 0. The molecule has 0 bridgehead atoms. The average molecular weight is 377 g/mol. The maximum absolute atomic E-state index is 6.36. The van der Waals surface area contributed by atoms with Crippen LogP contribution in [0.1, 0.15) is 17.2 Å². The van der Waals surface area contributed by atoms with Gasteiger partial charge in [-0.2, -0.15) is 0 Å². The summed E-state index contributed by atoms with van der Waals surface area (Å²) < 4.78 is 0. The highest BCUT2D eigenvalue weighted by Crippen LogP contribution is 2.27. The molecule has 0 aliphatic carbocycles. The third kappa shape index (κ3) is 4.45. The fourth-order valence-corrected chi connectivity index (χ4v) is 3.43. The molecule has 4 aromatic carbocycles. The van der Waals surface area contributed by atoms with Gasteiger partial charge < -0.3 is 11.5 Å². The van der Waals surface area contributed by atoms with Crippen LogP contribution >= 0.6 is 0 Å². The molecule has 0 fully saturated rings. The van der Waals surface area contributed by atoms with Gasteiger partial charge in [0.05, 0.1) is 6.04 Å². The van der Waals surface area contributed by atoms with Crippen molar-refractivity contribution in [2.45, 2.75) is 6.04 Å². The summed E-state index contributed by atoms with van der Waals surface area (Å²) in [6.07, 6.45) is 1.91. The van der Waals surface area contributed by atoms with Gasteiger partial charge in [0.15, 0.2) is 0 Å². The van der Waals surface area contributed by atoms with Gasteiger partial charge in [-0.15, -0.1) is 0 Å². The lowest BCUT2D eigenvalue weighted by molar-refractivity contribution is 0.911. The smallest absolute Gasteiger partial charge is 0.0504 e. The van der Waals surface area contributed by atoms with Gasteiger partial charge in [0.25, 0.3) is 0 Å². The number of rotatable bonds is 5. The molecular formula is C27H24N2. The minimum atomic E-state index is -0.231. The lowest BCUT2D eigenvalue weighted by Gasteiger charge is -2.11. The quantitative estimate of drug-likeness (QED) is 0.447. The van der Waals surface area contributed by atoms with Gasteiger partial charge in [0, 0.05) is 5.70 Å². The Morgan fingerprint density at radius 1 is 0.586 bits per heavy atom. The lowest BCUT2D eigenvalue weighted by atomic mass is 9.98. The van der Waals surface area contributed by atoms with Crippen molar-refractivity contribution in [1.82, 2.24) is 0 Å². The highest BCUT2D eigenvalue weighted by atomic mass is 14.6. The molecule has 2 nitrogen and oxygen atoms in total. The molecule has 0 saturated carbocycles. The summed E-state index contributed by atoms with van der Waals surface area (Å²) in [6.45, 7) is 0. The predicted octanol–water partition coefficient (Wildman–Crippen LogP) is 6.02. The van der Waals surface area contributed by atoms with Crippen molar-refractivity contribution in [3.8, 4) is 22.3 Å². The summed E-state index contributed by atoms with van der Waals surface area (Å²) in [5.74, 6) is 0. The zero-order chi connectivity index (χ0) is 20.1. The van der Waals surface area contributed by atoms with Crippen LogP contribution in [0.5, 0.6) is 0 Å². The van der Waals surface area contributed by atoms with E-state index in [-0.39, 0.29) is 6.04 Å². The van der Waals surface area contributed by atoms with E-state index in [0.29, 0.717) is 5.70 Å². The third-order valence-corrected chi connectivity index (χ3v) is 5.06. The average Bonchev–Trinajstić information content (AvgIpc) is 2.80. The van der Waals surface area contributed by atoms with E-state index in [1.165, 1.54) is 11.1 Å². The fourth-order valence-electron chi connectivity index (χ4n) is 3.43. The first-order chi connectivity index (χ1) is 14.2. The molecule has 0 spiro atoms. The van der Waals surface area contributed by atoms with Crippen molar-refractivity contribution in [3.05, 3.63) is 126 Å². The SMILES string of the molecule is N/C(=C\C(N)c1ccccc1)c1cccc(-c2ccc(-c3ccccc3)cc2)c1. The van der Waals surface area contributed by atoms with Gasteiger partial charge in [-0.25, -0.2) is 0 Å². The van der Waals surface area contributed by atoms with E-state index in [1.54, 1.807) is 0 Å². The van der Waals surface area contributed by atoms with Gasteiger partial charge in [0.1, 0.15) is 0 Å². The fraction of sp³-hybridized carbons (Fsp3) is 0.0370. The normalized spacial score (nSPS) is 12.5. The molecule has 4 aromatic rings. The van der Waals surface area contributed by atoms with E-state index in [0.717, 1.165) is 22.3 Å². The first kappa shape index (κ1) is 18.7. The molecule has 0 radical (unpaired) electrons. The molecule has 0 aliphatic heterocycles. The Hall–Kier alpha value is -3.62. The molecule has 142 valence electrons. The van der Waals surface area contributed by atoms with E-state index in [9.17, 15) is 0 Å². The Kier molecular flexibility index (Phi) is 5.55. The van der Waals surface area contributed by atoms with Crippen molar-refractivity contribution < 1.29 is 0 Å². The van der Waals surface area contributed by atoms with Crippen molar-refractivity contribution in [3.63, 3.8) is 0 Å². The standard InChI is InChI=1S/C27H24N2/c28-26(23-10-5-2-6-11-23)19-27(29)25-13-7-12-24(18-25)22-16-14-21(15-17-22)20-8-3-1-4-9-20/h1-19,26H,28-29H2/b27-19-. The molecule has 0 aromatic heterocycles. The number of hydrogen-bond acceptors (Lipinski definition) is 2. The molecule has 0 saturated heterocycles. The Balaban J connectivity index is 1.58. The van der Waals surface area contributed by atoms with Crippen LogP contribution in [-0.2, 0) is 0 Å². The Bertz CT molecular complexity index is 1100. The zero-order valence-corrected chi connectivity index (χ0v) is 16.2. The van der Waals surface area contributed by atoms with Crippen molar-refractivity contribution in [2.24, 2.45) is 11.5 Å². The predicted molar refractivity (Wildman–Crippen MR) is 123 cm³/mol. The van der Waals surface area contributed by atoms with E-state index >= 15 is 0 Å².